The van der Waals surface area contributed by atoms with Crippen LogP contribution >= 0.6 is 0 Å². The first kappa shape index (κ1) is 19.3. The molecule has 0 atom stereocenters. The van der Waals surface area contributed by atoms with E-state index in [1.807, 2.05) is 24.3 Å². The minimum atomic E-state index is -4.40. The van der Waals surface area contributed by atoms with Gasteiger partial charge in [-0.05, 0) is 35.7 Å². The fourth-order valence-electron chi connectivity index (χ4n) is 2.68. The zero-order valence-corrected chi connectivity index (χ0v) is 15.0. The summed E-state index contributed by atoms with van der Waals surface area (Å²) in [5.41, 5.74) is 8.62. The summed E-state index contributed by atoms with van der Waals surface area (Å²) in [4.78, 5) is 7.96. The van der Waals surface area contributed by atoms with E-state index in [-0.39, 0.29) is 0 Å². The molecule has 0 aliphatic rings. The standard InChI is InChI=1S/C20H18F3N5/c1-12-6-17(20(21,22)23)11-28-19(12)27-9-13-2-4-14(5-3-13)16-7-15(8-24)18(25)26-10-16/h2-8,10-11,24H,9H2,1H3,(H2,25,26)(H,27,28). The molecule has 1 aromatic carbocycles. The fourth-order valence-corrected chi connectivity index (χ4v) is 2.68. The quantitative estimate of drug-likeness (QED) is 0.557. The molecule has 5 nitrogen and oxygen atoms in total. The van der Waals surface area contributed by atoms with Crippen LogP contribution < -0.4 is 11.1 Å². The number of nitrogens with two attached hydrogens (primary N) is 1. The predicted molar refractivity (Wildman–Crippen MR) is 103 cm³/mol. The van der Waals surface area contributed by atoms with Crippen LogP contribution in [0.4, 0.5) is 24.8 Å². The van der Waals surface area contributed by atoms with Gasteiger partial charge in [0.1, 0.15) is 11.6 Å². The summed E-state index contributed by atoms with van der Waals surface area (Å²) < 4.78 is 38.1. The molecule has 0 fully saturated rings. The number of anilines is 2. The lowest BCUT2D eigenvalue weighted by atomic mass is 10.0. The number of aromatic nitrogens is 2. The Hall–Kier alpha value is -3.42. The lowest BCUT2D eigenvalue weighted by molar-refractivity contribution is -0.137. The van der Waals surface area contributed by atoms with Gasteiger partial charge in [-0.3, -0.25) is 0 Å². The number of nitrogens with one attached hydrogen (secondary N) is 2. The van der Waals surface area contributed by atoms with Crippen molar-refractivity contribution in [3.05, 3.63) is 71.0 Å². The lowest BCUT2D eigenvalue weighted by Crippen LogP contribution is -2.09. The van der Waals surface area contributed by atoms with Crippen molar-refractivity contribution < 1.29 is 13.2 Å². The number of nitrogens with zero attached hydrogens (tertiary/aromatic N) is 2. The Morgan fingerprint density at radius 2 is 1.79 bits per heavy atom. The number of halogens is 3. The van der Waals surface area contributed by atoms with E-state index in [1.165, 1.54) is 0 Å². The van der Waals surface area contributed by atoms with Crippen molar-refractivity contribution in [1.82, 2.24) is 9.97 Å². The molecular formula is C20H18F3N5. The number of benzene rings is 1. The van der Waals surface area contributed by atoms with Crippen molar-refractivity contribution in [3.63, 3.8) is 0 Å². The fraction of sp³-hybridized carbons (Fsp3) is 0.150. The smallest absolute Gasteiger partial charge is 0.383 e. The zero-order valence-electron chi connectivity index (χ0n) is 15.0. The molecule has 0 spiro atoms. The molecular weight excluding hydrogens is 367 g/mol. The Morgan fingerprint density at radius 3 is 2.39 bits per heavy atom. The number of hydrogen-bond acceptors (Lipinski definition) is 5. The number of aryl methyl sites for hydroxylation is 1. The van der Waals surface area contributed by atoms with Gasteiger partial charge in [0.2, 0.25) is 0 Å². The number of nitrogen functional groups attached to an aromatic ring is 1. The predicted octanol–water partition coefficient (Wildman–Crippen LogP) is 4.66. The second-order valence-corrected chi connectivity index (χ2v) is 6.28. The van der Waals surface area contributed by atoms with E-state index in [9.17, 15) is 13.2 Å². The summed E-state index contributed by atoms with van der Waals surface area (Å²) >= 11 is 0. The van der Waals surface area contributed by atoms with Gasteiger partial charge in [0.05, 0.1) is 5.56 Å². The Kier molecular flexibility index (Phi) is 5.30. The molecule has 3 aromatic rings. The van der Waals surface area contributed by atoms with Crippen molar-refractivity contribution >= 4 is 17.9 Å². The van der Waals surface area contributed by atoms with E-state index in [0.29, 0.717) is 29.3 Å². The van der Waals surface area contributed by atoms with Crippen LogP contribution in [0.2, 0.25) is 0 Å². The van der Waals surface area contributed by atoms with Crippen LogP contribution in [-0.2, 0) is 12.7 Å². The molecule has 0 radical (unpaired) electrons. The Bertz CT molecular complexity index is 998. The van der Waals surface area contributed by atoms with Gasteiger partial charge in [0.25, 0.3) is 0 Å². The average molecular weight is 385 g/mol. The molecule has 0 amide bonds. The molecule has 0 aliphatic carbocycles. The monoisotopic (exact) mass is 385 g/mol. The minimum absolute atomic E-state index is 0.305. The topological polar surface area (TPSA) is 87.7 Å². The zero-order chi connectivity index (χ0) is 20.3. The number of alkyl halides is 3. The molecule has 8 heteroatoms. The first-order valence-electron chi connectivity index (χ1n) is 8.41. The van der Waals surface area contributed by atoms with Crippen LogP contribution in [0.3, 0.4) is 0 Å². The highest BCUT2D eigenvalue weighted by molar-refractivity contribution is 5.85. The summed E-state index contributed by atoms with van der Waals surface area (Å²) in [5, 5.41) is 10.4. The molecule has 0 saturated carbocycles. The van der Waals surface area contributed by atoms with Gasteiger partial charge in [-0.15, -0.1) is 0 Å². The summed E-state index contributed by atoms with van der Waals surface area (Å²) in [7, 11) is 0. The van der Waals surface area contributed by atoms with Crippen molar-refractivity contribution in [2.45, 2.75) is 19.6 Å². The largest absolute Gasteiger partial charge is 0.417 e. The third-order valence-corrected chi connectivity index (χ3v) is 4.26. The number of rotatable bonds is 5. The number of pyridine rings is 2. The average Bonchev–Trinajstić information content (AvgIpc) is 2.67. The summed E-state index contributed by atoms with van der Waals surface area (Å²) in [5.74, 6) is 0.717. The van der Waals surface area contributed by atoms with E-state index in [4.69, 9.17) is 11.1 Å². The van der Waals surface area contributed by atoms with Gasteiger partial charge in [-0.2, -0.15) is 13.2 Å². The molecule has 144 valence electrons. The highest BCUT2D eigenvalue weighted by atomic mass is 19.4. The molecule has 28 heavy (non-hydrogen) atoms. The highest BCUT2D eigenvalue weighted by Gasteiger charge is 2.31. The van der Waals surface area contributed by atoms with Crippen LogP contribution in [0.25, 0.3) is 11.1 Å². The van der Waals surface area contributed by atoms with E-state index in [2.05, 4.69) is 15.3 Å². The Labute approximate surface area is 160 Å². The Balaban J connectivity index is 1.71. The van der Waals surface area contributed by atoms with E-state index >= 15 is 0 Å². The lowest BCUT2D eigenvalue weighted by Gasteiger charge is -2.12. The van der Waals surface area contributed by atoms with E-state index in [1.54, 1.807) is 19.2 Å². The Morgan fingerprint density at radius 1 is 1.07 bits per heavy atom. The SMILES string of the molecule is Cc1cc(C(F)(F)F)cnc1NCc1ccc(-c2cnc(N)c(C=N)c2)cc1. The third-order valence-electron chi connectivity index (χ3n) is 4.26. The van der Waals surface area contributed by atoms with Crippen molar-refractivity contribution in [2.24, 2.45) is 0 Å². The van der Waals surface area contributed by atoms with E-state index < -0.39 is 11.7 Å². The summed E-state index contributed by atoms with van der Waals surface area (Å²) in [6, 6.07) is 10.5. The maximum absolute atomic E-state index is 12.7. The van der Waals surface area contributed by atoms with Crippen LogP contribution in [0.1, 0.15) is 22.3 Å². The molecule has 0 saturated heterocycles. The van der Waals surface area contributed by atoms with Crippen molar-refractivity contribution in [3.8, 4) is 11.1 Å². The first-order chi connectivity index (χ1) is 13.3. The van der Waals surface area contributed by atoms with Crippen LogP contribution in [0.15, 0.2) is 48.8 Å². The van der Waals surface area contributed by atoms with Gasteiger partial charge in [-0.25, -0.2) is 9.97 Å². The third kappa shape index (κ3) is 4.28. The van der Waals surface area contributed by atoms with Gasteiger partial charge in [0, 0.05) is 36.3 Å². The maximum atomic E-state index is 12.7. The van der Waals surface area contributed by atoms with Gasteiger partial charge in [-0.1, -0.05) is 24.3 Å². The van der Waals surface area contributed by atoms with E-state index in [0.717, 1.165) is 35.2 Å². The highest BCUT2D eigenvalue weighted by Crippen LogP contribution is 2.30. The van der Waals surface area contributed by atoms with Gasteiger partial charge >= 0.3 is 6.18 Å². The second kappa shape index (κ2) is 7.67. The van der Waals surface area contributed by atoms with Crippen molar-refractivity contribution in [2.75, 3.05) is 11.1 Å². The van der Waals surface area contributed by atoms with Crippen LogP contribution in [0, 0.1) is 12.3 Å². The van der Waals surface area contributed by atoms with Crippen molar-refractivity contribution in [1.29, 1.82) is 5.41 Å². The number of hydrogen-bond donors (Lipinski definition) is 3. The molecule has 0 aliphatic heterocycles. The van der Waals surface area contributed by atoms with Gasteiger partial charge < -0.3 is 16.5 Å². The molecule has 0 unspecified atom stereocenters. The normalized spacial score (nSPS) is 11.3. The minimum Gasteiger partial charge on any atom is -0.383 e. The molecule has 4 N–H and O–H groups in total. The van der Waals surface area contributed by atoms with Crippen LogP contribution in [-0.4, -0.2) is 16.2 Å². The second-order valence-electron chi connectivity index (χ2n) is 6.28. The van der Waals surface area contributed by atoms with Gasteiger partial charge in [0.15, 0.2) is 0 Å². The molecule has 0 bridgehead atoms. The maximum Gasteiger partial charge on any atom is 0.417 e. The first-order valence-corrected chi connectivity index (χ1v) is 8.41. The summed E-state index contributed by atoms with van der Waals surface area (Å²) in [6.07, 6.45) is -0.775. The summed E-state index contributed by atoms with van der Waals surface area (Å²) in [6.45, 7) is 2.01. The molecule has 3 rings (SSSR count). The van der Waals surface area contributed by atoms with Crippen LogP contribution in [0.5, 0.6) is 0 Å². The molecule has 2 heterocycles. The molecule has 2 aromatic heterocycles.